The minimum absolute atomic E-state index is 0.00421. The van der Waals surface area contributed by atoms with Crippen LogP contribution in [0.15, 0.2) is 35.9 Å². The third-order valence-electron chi connectivity index (χ3n) is 7.19. The molecule has 0 aromatic heterocycles. The molecular formula is C22H30O. The molecule has 1 aliphatic heterocycles. The van der Waals surface area contributed by atoms with E-state index in [2.05, 4.69) is 58.0 Å². The number of fused-ring (bicyclic) bond motifs is 4. The molecule has 23 heavy (non-hydrogen) atoms. The third-order valence-corrected chi connectivity index (χ3v) is 7.19. The predicted octanol–water partition coefficient (Wildman–Crippen LogP) is 5.79. The lowest BCUT2D eigenvalue weighted by atomic mass is 9.51. The lowest BCUT2D eigenvalue weighted by Crippen LogP contribution is -2.59. The Bertz CT molecular complexity index is 643. The van der Waals surface area contributed by atoms with Crippen molar-refractivity contribution in [3.63, 3.8) is 0 Å². The Morgan fingerprint density at radius 1 is 1.13 bits per heavy atom. The molecule has 124 valence electrons. The fraction of sp³-hybridized carbons (Fsp3) is 0.636. The van der Waals surface area contributed by atoms with Gasteiger partial charge in [0.05, 0.1) is 0 Å². The molecule has 0 N–H and O–H groups in total. The van der Waals surface area contributed by atoms with Crippen LogP contribution in [0.5, 0.6) is 5.75 Å². The van der Waals surface area contributed by atoms with Gasteiger partial charge in [-0.05, 0) is 62.0 Å². The van der Waals surface area contributed by atoms with Gasteiger partial charge in [-0.15, -0.1) is 0 Å². The Morgan fingerprint density at radius 2 is 1.91 bits per heavy atom. The zero-order valence-electron chi connectivity index (χ0n) is 15.1. The molecule has 2 aliphatic carbocycles. The molecule has 0 radical (unpaired) electrons. The summed E-state index contributed by atoms with van der Waals surface area (Å²) in [4.78, 5) is 0. The van der Waals surface area contributed by atoms with Gasteiger partial charge < -0.3 is 4.74 Å². The van der Waals surface area contributed by atoms with Gasteiger partial charge in [0, 0.05) is 11.8 Å². The SMILES string of the molecule is CC(C)C1=CC[C@@]2(C)CC[C@H]3Cc4ccccc4O[C@]3(C)[C@H]2C1. The molecule has 1 saturated carbocycles. The zero-order valence-corrected chi connectivity index (χ0v) is 15.1. The lowest BCUT2D eigenvalue weighted by Gasteiger charge is -2.59. The van der Waals surface area contributed by atoms with E-state index in [9.17, 15) is 0 Å². The summed E-state index contributed by atoms with van der Waals surface area (Å²) in [7, 11) is 0. The first kappa shape index (κ1) is 15.3. The van der Waals surface area contributed by atoms with E-state index in [0.717, 1.165) is 5.75 Å². The predicted molar refractivity (Wildman–Crippen MR) is 95.7 cm³/mol. The molecule has 4 rings (SSSR count). The summed E-state index contributed by atoms with van der Waals surface area (Å²) in [5.74, 6) is 3.11. The van der Waals surface area contributed by atoms with Crippen molar-refractivity contribution in [2.24, 2.45) is 23.2 Å². The maximum atomic E-state index is 6.76. The number of para-hydroxylation sites is 1. The first-order valence-corrected chi connectivity index (χ1v) is 9.38. The normalized spacial score (nSPS) is 38.9. The molecule has 3 aliphatic rings. The number of allylic oxidation sites excluding steroid dienone is 2. The zero-order chi connectivity index (χ0) is 16.2. The minimum Gasteiger partial charge on any atom is -0.487 e. The molecule has 1 aromatic carbocycles. The Hall–Kier alpha value is -1.24. The minimum atomic E-state index is -0.00421. The second-order valence-corrected chi connectivity index (χ2v) is 8.88. The van der Waals surface area contributed by atoms with Gasteiger partial charge in [0.25, 0.3) is 0 Å². The molecule has 1 aromatic rings. The van der Waals surface area contributed by atoms with Gasteiger partial charge in [-0.3, -0.25) is 0 Å². The Labute approximate surface area is 141 Å². The van der Waals surface area contributed by atoms with Crippen LogP contribution in [-0.4, -0.2) is 5.60 Å². The van der Waals surface area contributed by atoms with E-state index in [4.69, 9.17) is 4.74 Å². The van der Waals surface area contributed by atoms with Crippen LogP contribution in [0.25, 0.3) is 0 Å². The second kappa shape index (κ2) is 5.13. The molecule has 1 nitrogen and oxygen atoms in total. The van der Waals surface area contributed by atoms with Crippen LogP contribution in [0.3, 0.4) is 0 Å². The highest BCUT2D eigenvalue weighted by molar-refractivity contribution is 5.38. The molecule has 1 heteroatoms. The van der Waals surface area contributed by atoms with E-state index in [1.165, 1.54) is 37.7 Å². The van der Waals surface area contributed by atoms with Crippen LogP contribution in [0.2, 0.25) is 0 Å². The molecule has 4 atom stereocenters. The van der Waals surface area contributed by atoms with Crippen LogP contribution < -0.4 is 4.74 Å². The quantitative estimate of drug-likeness (QED) is 0.597. The summed E-state index contributed by atoms with van der Waals surface area (Å²) in [6.45, 7) is 9.61. The highest BCUT2D eigenvalue weighted by Gasteiger charge is 2.57. The molecule has 0 unspecified atom stereocenters. The van der Waals surface area contributed by atoms with Crippen molar-refractivity contribution in [1.29, 1.82) is 0 Å². The monoisotopic (exact) mass is 310 g/mol. The van der Waals surface area contributed by atoms with Gasteiger partial charge in [0.2, 0.25) is 0 Å². The first-order valence-electron chi connectivity index (χ1n) is 9.38. The molecule has 1 heterocycles. The van der Waals surface area contributed by atoms with Crippen molar-refractivity contribution in [3.8, 4) is 5.75 Å². The smallest absolute Gasteiger partial charge is 0.123 e. The lowest BCUT2D eigenvalue weighted by molar-refractivity contribution is -0.128. The average molecular weight is 310 g/mol. The van der Waals surface area contributed by atoms with E-state index in [1.807, 2.05) is 0 Å². The highest BCUT2D eigenvalue weighted by atomic mass is 16.5. The molecule has 0 amide bonds. The number of benzene rings is 1. The number of hydrogen-bond acceptors (Lipinski definition) is 1. The molecule has 0 saturated heterocycles. The number of rotatable bonds is 1. The summed E-state index contributed by atoms with van der Waals surface area (Å²) in [5, 5.41) is 0. The van der Waals surface area contributed by atoms with E-state index in [0.29, 0.717) is 23.2 Å². The van der Waals surface area contributed by atoms with Crippen LogP contribution >= 0.6 is 0 Å². The van der Waals surface area contributed by atoms with Gasteiger partial charge in [-0.1, -0.05) is 50.6 Å². The fourth-order valence-corrected chi connectivity index (χ4v) is 5.52. The van der Waals surface area contributed by atoms with Gasteiger partial charge >= 0.3 is 0 Å². The summed E-state index contributed by atoms with van der Waals surface area (Å²) in [5.41, 5.74) is 3.47. The van der Waals surface area contributed by atoms with Crippen LogP contribution in [0.1, 0.15) is 58.9 Å². The van der Waals surface area contributed by atoms with E-state index in [-0.39, 0.29) is 5.60 Å². The van der Waals surface area contributed by atoms with E-state index >= 15 is 0 Å². The van der Waals surface area contributed by atoms with Crippen molar-refractivity contribution in [2.45, 2.75) is 65.4 Å². The largest absolute Gasteiger partial charge is 0.487 e. The number of hydrogen-bond donors (Lipinski definition) is 0. The van der Waals surface area contributed by atoms with Crippen molar-refractivity contribution in [1.82, 2.24) is 0 Å². The average Bonchev–Trinajstić information content (AvgIpc) is 2.52. The van der Waals surface area contributed by atoms with Gasteiger partial charge in [-0.2, -0.15) is 0 Å². The summed E-state index contributed by atoms with van der Waals surface area (Å²) < 4.78 is 6.76. The maximum Gasteiger partial charge on any atom is 0.123 e. The van der Waals surface area contributed by atoms with Crippen LogP contribution in [-0.2, 0) is 6.42 Å². The van der Waals surface area contributed by atoms with Crippen LogP contribution in [0.4, 0.5) is 0 Å². The summed E-state index contributed by atoms with van der Waals surface area (Å²) >= 11 is 0. The molecule has 0 bridgehead atoms. The van der Waals surface area contributed by atoms with Crippen molar-refractivity contribution in [2.75, 3.05) is 0 Å². The molecule has 0 spiro atoms. The van der Waals surface area contributed by atoms with Gasteiger partial charge in [-0.25, -0.2) is 0 Å². The second-order valence-electron chi connectivity index (χ2n) is 8.88. The first-order chi connectivity index (χ1) is 10.9. The van der Waals surface area contributed by atoms with Crippen molar-refractivity contribution < 1.29 is 4.74 Å². The van der Waals surface area contributed by atoms with E-state index < -0.39 is 0 Å². The Balaban J connectivity index is 1.73. The van der Waals surface area contributed by atoms with Gasteiger partial charge in [0.1, 0.15) is 11.4 Å². The topological polar surface area (TPSA) is 9.23 Å². The van der Waals surface area contributed by atoms with Gasteiger partial charge in [0.15, 0.2) is 0 Å². The standard InChI is InChI=1S/C22H30O/c1-15(2)16-9-11-21(3)12-10-18-13-17-7-5-6-8-19(17)23-22(18,4)20(21)14-16/h5-9,15,18,20H,10-14H2,1-4H3/t18-,20-,21-,22-/m0/s1. The Morgan fingerprint density at radius 3 is 2.70 bits per heavy atom. The fourth-order valence-electron chi connectivity index (χ4n) is 5.52. The van der Waals surface area contributed by atoms with Crippen molar-refractivity contribution >= 4 is 0 Å². The highest BCUT2D eigenvalue weighted by Crippen LogP contribution is 2.59. The van der Waals surface area contributed by atoms with E-state index in [1.54, 1.807) is 5.57 Å². The summed E-state index contributed by atoms with van der Waals surface area (Å²) in [6, 6.07) is 8.69. The van der Waals surface area contributed by atoms with Crippen LogP contribution in [0, 0.1) is 23.2 Å². The number of ether oxygens (including phenoxy) is 1. The maximum absolute atomic E-state index is 6.76. The summed E-state index contributed by atoms with van der Waals surface area (Å²) in [6.07, 6.45) is 8.86. The third kappa shape index (κ3) is 2.27. The Kier molecular flexibility index (Phi) is 3.41. The molecular weight excluding hydrogens is 280 g/mol. The van der Waals surface area contributed by atoms with Crippen molar-refractivity contribution in [3.05, 3.63) is 41.5 Å². The molecule has 1 fully saturated rings.